The van der Waals surface area contributed by atoms with E-state index in [0.29, 0.717) is 12.2 Å². The minimum Gasteiger partial charge on any atom is -0.297 e. The Hall–Kier alpha value is -0.630. The molecule has 0 aliphatic carbocycles. The van der Waals surface area contributed by atoms with Gasteiger partial charge in [0, 0.05) is 6.42 Å². The second-order valence-corrected chi connectivity index (χ2v) is 4.96. The number of nitrogens with zero attached hydrogens (tertiary/aromatic N) is 1. The van der Waals surface area contributed by atoms with Crippen LogP contribution in [0.15, 0.2) is 12.2 Å². The molecule has 2 heteroatoms. The Morgan fingerprint density at radius 1 is 1.33 bits per heavy atom. The molecule has 0 saturated carbocycles. The van der Waals surface area contributed by atoms with Gasteiger partial charge in [0.15, 0.2) is 5.78 Å². The van der Waals surface area contributed by atoms with Crippen molar-refractivity contribution in [3.05, 3.63) is 12.2 Å². The lowest BCUT2D eigenvalue weighted by Gasteiger charge is -2.34. The van der Waals surface area contributed by atoms with Crippen LogP contribution in [-0.4, -0.2) is 29.3 Å². The molecule has 1 saturated heterocycles. The average Bonchev–Trinajstić information content (AvgIpc) is 2.70. The highest BCUT2D eigenvalue weighted by Crippen LogP contribution is 2.24. The summed E-state index contributed by atoms with van der Waals surface area (Å²) in [5.41, 5.74) is 0.751. The van der Waals surface area contributed by atoms with Gasteiger partial charge in [0.25, 0.3) is 0 Å². The summed E-state index contributed by atoms with van der Waals surface area (Å²) >= 11 is 0. The maximum Gasteiger partial charge on any atom is 0.156 e. The van der Waals surface area contributed by atoms with Gasteiger partial charge in [-0.25, -0.2) is 0 Å². The standard InChI is InChI=1S/C13H23NO/c1-5-11(2)10-12(15)13(3,4)14-8-6-7-9-14/h2,5-10H2,1,3-4H3. The Balaban J connectivity index is 2.59. The number of carbonyl (C=O) groups is 1. The molecule has 86 valence electrons. The molecule has 0 N–H and O–H groups in total. The number of likely N-dealkylation sites (tertiary alicyclic amines) is 1. The summed E-state index contributed by atoms with van der Waals surface area (Å²) in [6, 6.07) is 0. The van der Waals surface area contributed by atoms with Gasteiger partial charge < -0.3 is 0 Å². The topological polar surface area (TPSA) is 20.3 Å². The van der Waals surface area contributed by atoms with E-state index in [1.807, 2.05) is 13.8 Å². The van der Waals surface area contributed by atoms with Crippen molar-refractivity contribution in [2.45, 2.75) is 52.0 Å². The summed E-state index contributed by atoms with van der Waals surface area (Å²) in [6.07, 6.45) is 3.90. The zero-order chi connectivity index (χ0) is 11.5. The van der Waals surface area contributed by atoms with Crippen LogP contribution in [-0.2, 0) is 4.79 Å². The van der Waals surface area contributed by atoms with Gasteiger partial charge in [-0.1, -0.05) is 19.1 Å². The lowest BCUT2D eigenvalue weighted by atomic mass is 9.92. The fraction of sp³-hybridized carbons (Fsp3) is 0.769. The van der Waals surface area contributed by atoms with Crippen molar-refractivity contribution in [3.8, 4) is 0 Å². The highest BCUT2D eigenvalue weighted by molar-refractivity contribution is 5.89. The van der Waals surface area contributed by atoms with Gasteiger partial charge >= 0.3 is 0 Å². The molecular weight excluding hydrogens is 186 g/mol. The van der Waals surface area contributed by atoms with E-state index in [2.05, 4.69) is 18.4 Å². The molecule has 1 aliphatic rings. The molecular formula is C13H23NO. The van der Waals surface area contributed by atoms with Crippen LogP contribution in [0.3, 0.4) is 0 Å². The molecule has 0 spiro atoms. The van der Waals surface area contributed by atoms with Crippen molar-refractivity contribution in [2.24, 2.45) is 0 Å². The molecule has 15 heavy (non-hydrogen) atoms. The first-order chi connectivity index (χ1) is 6.98. The number of hydrogen-bond acceptors (Lipinski definition) is 2. The SMILES string of the molecule is C=C(CC)CC(=O)C(C)(C)N1CCCC1. The molecule has 0 aromatic rings. The third-order valence-corrected chi connectivity index (χ3v) is 3.49. The van der Waals surface area contributed by atoms with Gasteiger partial charge in [-0.15, -0.1) is 0 Å². The van der Waals surface area contributed by atoms with E-state index >= 15 is 0 Å². The van der Waals surface area contributed by atoms with E-state index in [9.17, 15) is 4.79 Å². The minimum absolute atomic E-state index is 0.297. The van der Waals surface area contributed by atoms with E-state index in [1.54, 1.807) is 0 Å². The number of allylic oxidation sites excluding steroid dienone is 1. The van der Waals surface area contributed by atoms with E-state index in [-0.39, 0.29) is 5.54 Å². The first kappa shape index (κ1) is 12.4. The predicted molar refractivity (Wildman–Crippen MR) is 63.9 cm³/mol. The number of ketones is 1. The molecule has 0 radical (unpaired) electrons. The monoisotopic (exact) mass is 209 g/mol. The van der Waals surface area contributed by atoms with Gasteiger partial charge in [0.2, 0.25) is 0 Å². The molecule has 1 heterocycles. The molecule has 1 aliphatic heterocycles. The van der Waals surface area contributed by atoms with Crippen molar-refractivity contribution in [3.63, 3.8) is 0 Å². The minimum atomic E-state index is -0.297. The maximum atomic E-state index is 12.1. The van der Waals surface area contributed by atoms with Gasteiger partial charge in [-0.2, -0.15) is 0 Å². The van der Waals surface area contributed by atoms with Crippen molar-refractivity contribution in [1.82, 2.24) is 4.90 Å². The zero-order valence-electron chi connectivity index (χ0n) is 10.3. The van der Waals surface area contributed by atoms with Crippen molar-refractivity contribution in [1.29, 1.82) is 0 Å². The van der Waals surface area contributed by atoms with Crippen LogP contribution in [0.2, 0.25) is 0 Å². The van der Waals surface area contributed by atoms with Crippen LogP contribution in [0.5, 0.6) is 0 Å². The van der Waals surface area contributed by atoms with Crippen LogP contribution in [0.4, 0.5) is 0 Å². The number of hydrogen-bond donors (Lipinski definition) is 0. The Morgan fingerprint density at radius 3 is 2.33 bits per heavy atom. The van der Waals surface area contributed by atoms with Crippen LogP contribution in [0, 0.1) is 0 Å². The molecule has 0 bridgehead atoms. The third-order valence-electron chi connectivity index (χ3n) is 3.49. The van der Waals surface area contributed by atoms with E-state index in [1.165, 1.54) is 12.8 Å². The molecule has 0 atom stereocenters. The van der Waals surface area contributed by atoms with Gasteiger partial charge in [0.05, 0.1) is 5.54 Å². The summed E-state index contributed by atoms with van der Waals surface area (Å²) in [5, 5.41) is 0. The van der Waals surface area contributed by atoms with Crippen LogP contribution < -0.4 is 0 Å². The average molecular weight is 209 g/mol. The van der Waals surface area contributed by atoms with Crippen LogP contribution in [0.25, 0.3) is 0 Å². The Labute approximate surface area is 93.3 Å². The molecule has 0 amide bonds. The molecule has 0 unspecified atom stereocenters. The molecule has 1 fully saturated rings. The summed E-state index contributed by atoms with van der Waals surface area (Å²) in [4.78, 5) is 14.4. The molecule has 2 nitrogen and oxygen atoms in total. The lowest BCUT2D eigenvalue weighted by molar-refractivity contribution is -0.128. The fourth-order valence-electron chi connectivity index (χ4n) is 2.02. The maximum absolute atomic E-state index is 12.1. The lowest BCUT2D eigenvalue weighted by Crippen LogP contribution is -2.48. The largest absolute Gasteiger partial charge is 0.297 e. The smallest absolute Gasteiger partial charge is 0.156 e. The normalized spacial score (nSPS) is 18.1. The van der Waals surface area contributed by atoms with Gasteiger partial charge in [-0.3, -0.25) is 9.69 Å². The Kier molecular flexibility index (Phi) is 4.09. The fourth-order valence-corrected chi connectivity index (χ4v) is 2.02. The Morgan fingerprint density at radius 2 is 1.87 bits per heavy atom. The molecule has 1 rings (SSSR count). The summed E-state index contributed by atoms with van der Waals surface area (Å²) < 4.78 is 0. The number of carbonyl (C=O) groups excluding carboxylic acids is 1. The molecule has 0 aromatic heterocycles. The second-order valence-electron chi connectivity index (χ2n) is 4.96. The van der Waals surface area contributed by atoms with Crippen molar-refractivity contribution >= 4 is 5.78 Å². The Bertz CT molecular complexity index is 249. The first-order valence-corrected chi connectivity index (χ1v) is 5.93. The quantitative estimate of drug-likeness (QED) is 0.649. The summed E-state index contributed by atoms with van der Waals surface area (Å²) in [7, 11) is 0. The van der Waals surface area contributed by atoms with E-state index in [0.717, 1.165) is 25.1 Å². The highest BCUT2D eigenvalue weighted by Gasteiger charge is 2.35. The van der Waals surface area contributed by atoms with Crippen LogP contribution >= 0.6 is 0 Å². The van der Waals surface area contributed by atoms with E-state index < -0.39 is 0 Å². The van der Waals surface area contributed by atoms with Crippen LogP contribution in [0.1, 0.15) is 46.5 Å². The third kappa shape index (κ3) is 2.91. The predicted octanol–water partition coefficient (Wildman–Crippen LogP) is 2.79. The van der Waals surface area contributed by atoms with Crippen molar-refractivity contribution in [2.75, 3.05) is 13.1 Å². The van der Waals surface area contributed by atoms with Crippen molar-refractivity contribution < 1.29 is 4.79 Å². The molecule has 0 aromatic carbocycles. The summed E-state index contributed by atoms with van der Waals surface area (Å²) in [6.45, 7) is 12.2. The second kappa shape index (κ2) is 4.93. The first-order valence-electron chi connectivity index (χ1n) is 5.93. The zero-order valence-corrected chi connectivity index (χ0v) is 10.3. The van der Waals surface area contributed by atoms with E-state index in [4.69, 9.17) is 0 Å². The highest BCUT2D eigenvalue weighted by atomic mass is 16.1. The summed E-state index contributed by atoms with van der Waals surface area (Å²) in [5.74, 6) is 0.316. The van der Waals surface area contributed by atoms with Gasteiger partial charge in [0.1, 0.15) is 0 Å². The number of rotatable bonds is 5. The number of Topliss-reactive ketones (excluding diaryl/α,β-unsaturated/α-hetero) is 1. The van der Waals surface area contributed by atoms with Gasteiger partial charge in [-0.05, 0) is 46.2 Å².